The maximum Gasteiger partial charge on any atom is 0.242 e. The number of carbonyl (C=O) groups excluding carboxylic acids is 3. The number of ketones is 1. The Labute approximate surface area is 135 Å². The standard InChI is InChI=1S/C17H22N2O4/c1-10(2)12-8-11(4-6-15(12)23-3)14(20)9-18-17(22)13-5-7-16(21)19-13/h4,6,8,10,13H,5,7,9H2,1-3H3,(H,18,22)(H,19,21). The lowest BCUT2D eigenvalue weighted by Crippen LogP contribution is -2.43. The van der Waals surface area contributed by atoms with Crippen LogP contribution in [0.5, 0.6) is 5.75 Å². The molecule has 2 amide bonds. The molecule has 6 nitrogen and oxygen atoms in total. The third-order valence-electron chi connectivity index (χ3n) is 3.91. The fraction of sp³-hybridized carbons (Fsp3) is 0.471. The molecule has 1 aromatic rings. The molecule has 1 unspecified atom stereocenters. The van der Waals surface area contributed by atoms with Crippen molar-refractivity contribution in [2.45, 2.75) is 38.6 Å². The molecule has 1 saturated heterocycles. The number of amides is 2. The highest BCUT2D eigenvalue weighted by molar-refractivity contribution is 6.00. The normalized spacial score (nSPS) is 17.0. The van der Waals surface area contributed by atoms with E-state index >= 15 is 0 Å². The summed E-state index contributed by atoms with van der Waals surface area (Å²) in [5.74, 6) is 0.345. The number of benzene rings is 1. The summed E-state index contributed by atoms with van der Waals surface area (Å²) in [6.45, 7) is 3.96. The lowest BCUT2D eigenvalue weighted by atomic mass is 9.98. The molecule has 1 aliphatic rings. The van der Waals surface area contributed by atoms with Gasteiger partial charge in [0, 0.05) is 12.0 Å². The van der Waals surface area contributed by atoms with Crippen LogP contribution in [0.3, 0.4) is 0 Å². The van der Waals surface area contributed by atoms with Crippen molar-refractivity contribution in [3.8, 4) is 5.75 Å². The second-order valence-electron chi connectivity index (χ2n) is 5.91. The average Bonchev–Trinajstić information content (AvgIpc) is 2.98. The molecule has 0 aromatic heterocycles. The van der Waals surface area contributed by atoms with Gasteiger partial charge < -0.3 is 15.4 Å². The molecule has 1 heterocycles. The minimum atomic E-state index is -0.530. The summed E-state index contributed by atoms with van der Waals surface area (Å²) in [5.41, 5.74) is 1.48. The van der Waals surface area contributed by atoms with Crippen LogP contribution in [0.15, 0.2) is 18.2 Å². The molecule has 0 radical (unpaired) electrons. The average molecular weight is 318 g/mol. The van der Waals surface area contributed by atoms with Crippen LogP contribution >= 0.6 is 0 Å². The van der Waals surface area contributed by atoms with Gasteiger partial charge in [0.05, 0.1) is 13.7 Å². The number of rotatable bonds is 6. The van der Waals surface area contributed by atoms with E-state index < -0.39 is 6.04 Å². The third-order valence-corrected chi connectivity index (χ3v) is 3.91. The molecule has 0 spiro atoms. The van der Waals surface area contributed by atoms with Crippen LogP contribution in [0.4, 0.5) is 0 Å². The zero-order chi connectivity index (χ0) is 17.0. The molecule has 23 heavy (non-hydrogen) atoms. The third kappa shape index (κ3) is 4.09. The van der Waals surface area contributed by atoms with Crippen LogP contribution in [0.1, 0.15) is 48.5 Å². The van der Waals surface area contributed by atoms with E-state index in [0.29, 0.717) is 18.4 Å². The van der Waals surface area contributed by atoms with E-state index in [1.807, 2.05) is 13.8 Å². The zero-order valence-electron chi connectivity index (χ0n) is 13.6. The number of ether oxygens (including phenoxy) is 1. The summed E-state index contributed by atoms with van der Waals surface area (Å²) < 4.78 is 5.30. The van der Waals surface area contributed by atoms with E-state index in [4.69, 9.17) is 4.74 Å². The van der Waals surface area contributed by atoms with Crippen LogP contribution in [-0.4, -0.2) is 37.3 Å². The van der Waals surface area contributed by atoms with Gasteiger partial charge in [0.2, 0.25) is 11.8 Å². The zero-order valence-corrected chi connectivity index (χ0v) is 13.6. The van der Waals surface area contributed by atoms with Crippen molar-refractivity contribution >= 4 is 17.6 Å². The van der Waals surface area contributed by atoms with E-state index in [-0.39, 0.29) is 30.1 Å². The van der Waals surface area contributed by atoms with Crippen LogP contribution in [-0.2, 0) is 9.59 Å². The van der Waals surface area contributed by atoms with E-state index in [2.05, 4.69) is 10.6 Å². The predicted octanol–water partition coefficient (Wildman–Crippen LogP) is 1.40. The van der Waals surface area contributed by atoms with Crippen LogP contribution in [0.2, 0.25) is 0 Å². The molecule has 2 rings (SSSR count). The van der Waals surface area contributed by atoms with Crippen molar-refractivity contribution in [1.29, 1.82) is 0 Å². The fourth-order valence-corrected chi connectivity index (χ4v) is 2.56. The van der Waals surface area contributed by atoms with Crippen molar-refractivity contribution in [2.75, 3.05) is 13.7 Å². The number of hydrogen-bond donors (Lipinski definition) is 2. The van der Waals surface area contributed by atoms with Crippen molar-refractivity contribution in [2.24, 2.45) is 0 Å². The molecule has 6 heteroatoms. The van der Waals surface area contributed by atoms with Gasteiger partial charge in [0.25, 0.3) is 0 Å². The summed E-state index contributed by atoms with van der Waals surface area (Å²) in [7, 11) is 1.60. The van der Waals surface area contributed by atoms with E-state index in [0.717, 1.165) is 11.3 Å². The second-order valence-corrected chi connectivity index (χ2v) is 5.91. The number of carbonyl (C=O) groups is 3. The first kappa shape index (κ1) is 17.0. The van der Waals surface area contributed by atoms with Gasteiger partial charge in [0.15, 0.2) is 5.78 Å². The van der Waals surface area contributed by atoms with Crippen LogP contribution in [0, 0.1) is 0 Å². The van der Waals surface area contributed by atoms with E-state index in [1.165, 1.54) is 0 Å². The molecule has 0 bridgehead atoms. The topological polar surface area (TPSA) is 84.5 Å². The van der Waals surface area contributed by atoms with E-state index in [9.17, 15) is 14.4 Å². The highest BCUT2D eigenvalue weighted by Crippen LogP contribution is 2.27. The van der Waals surface area contributed by atoms with Gasteiger partial charge in [0.1, 0.15) is 11.8 Å². The van der Waals surface area contributed by atoms with Gasteiger partial charge in [-0.1, -0.05) is 13.8 Å². The second kappa shape index (κ2) is 7.26. The summed E-state index contributed by atoms with van der Waals surface area (Å²) in [6.07, 6.45) is 0.821. The first-order valence-electron chi connectivity index (χ1n) is 7.70. The largest absolute Gasteiger partial charge is 0.496 e. The minimum absolute atomic E-state index is 0.0882. The Balaban J connectivity index is 1.99. The Morgan fingerprint density at radius 3 is 2.70 bits per heavy atom. The van der Waals surface area contributed by atoms with Crippen LogP contribution < -0.4 is 15.4 Å². The lowest BCUT2D eigenvalue weighted by Gasteiger charge is -2.14. The number of nitrogens with one attached hydrogen (secondary N) is 2. The Kier molecular flexibility index (Phi) is 5.36. The summed E-state index contributed by atoms with van der Waals surface area (Å²) in [5, 5.41) is 5.16. The Bertz CT molecular complexity index is 625. The molecule has 124 valence electrons. The quantitative estimate of drug-likeness (QED) is 0.777. The first-order chi connectivity index (χ1) is 10.9. The molecular formula is C17H22N2O4. The monoisotopic (exact) mass is 318 g/mol. The van der Waals surface area contributed by atoms with Gasteiger partial charge in [-0.15, -0.1) is 0 Å². The SMILES string of the molecule is COc1ccc(C(=O)CNC(=O)C2CCC(=O)N2)cc1C(C)C. The molecule has 0 saturated carbocycles. The Morgan fingerprint density at radius 2 is 2.13 bits per heavy atom. The highest BCUT2D eigenvalue weighted by atomic mass is 16.5. The van der Waals surface area contributed by atoms with Gasteiger partial charge in [-0.3, -0.25) is 14.4 Å². The number of Topliss-reactive ketones (excluding diaryl/α,β-unsaturated/α-hetero) is 1. The summed E-state index contributed by atoms with van der Waals surface area (Å²) >= 11 is 0. The molecule has 2 N–H and O–H groups in total. The Hall–Kier alpha value is -2.37. The van der Waals surface area contributed by atoms with Gasteiger partial charge in [-0.25, -0.2) is 0 Å². The Morgan fingerprint density at radius 1 is 1.39 bits per heavy atom. The highest BCUT2D eigenvalue weighted by Gasteiger charge is 2.27. The van der Waals surface area contributed by atoms with E-state index in [1.54, 1.807) is 25.3 Å². The minimum Gasteiger partial charge on any atom is -0.496 e. The van der Waals surface area contributed by atoms with Crippen molar-refractivity contribution < 1.29 is 19.1 Å². The predicted molar refractivity (Wildman–Crippen MR) is 85.6 cm³/mol. The molecule has 1 fully saturated rings. The number of methoxy groups -OCH3 is 1. The summed E-state index contributed by atoms with van der Waals surface area (Å²) in [6, 6.07) is 4.73. The van der Waals surface area contributed by atoms with Crippen molar-refractivity contribution in [3.05, 3.63) is 29.3 Å². The van der Waals surface area contributed by atoms with Crippen LogP contribution in [0.25, 0.3) is 0 Å². The molecule has 1 atom stereocenters. The molecule has 1 aromatic carbocycles. The fourth-order valence-electron chi connectivity index (χ4n) is 2.56. The molecule has 0 aliphatic carbocycles. The van der Waals surface area contributed by atoms with Gasteiger partial charge >= 0.3 is 0 Å². The maximum atomic E-state index is 12.3. The summed E-state index contributed by atoms with van der Waals surface area (Å²) in [4.78, 5) is 35.3. The van der Waals surface area contributed by atoms with Gasteiger partial charge in [-0.2, -0.15) is 0 Å². The lowest BCUT2D eigenvalue weighted by molar-refractivity contribution is -0.125. The van der Waals surface area contributed by atoms with Crippen molar-refractivity contribution in [1.82, 2.24) is 10.6 Å². The van der Waals surface area contributed by atoms with Crippen molar-refractivity contribution in [3.63, 3.8) is 0 Å². The smallest absolute Gasteiger partial charge is 0.242 e. The van der Waals surface area contributed by atoms with Gasteiger partial charge in [-0.05, 0) is 36.1 Å². The molecule has 1 aliphatic heterocycles. The first-order valence-corrected chi connectivity index (χ1v) is 7.70. The maximum absolute atomic E-state index is 12.3. The molecular weight excluding hydrogens is 296 g/mol. The number of hydrogen-bond acceptors (Lipinski definition) is 4.